The number of aliphatic carboxylic acids is 1. The fourth-order valence-electron chi connectivity index (χ4n) is 1.96. The lowest BCUT2D eigenvalue weighted by Crippen LogP contribution is -2.36. The third-order valence-electron chi connectivity index (χ3n) is 2.99. The number of carbonyl (C=O) groups is 1. The fraction of sp³-hybridized carbons (Fsp3) is 0.133. The van der Waals surface area contributed by atoms with Crippen LogP contribution in [-0.4, -0.2) is 22.2 Å². The SMILES string of the molecule is NC(C(=O)O)C(O)c1ccccc1-c1ccccc1. The highest BCUT2D eigenvalue weighted by molar-refractivity contribution is 5.76. The van der Waals surface area contributed by atoms with Crippen molar-refractivity contribution in [1.29, 1.82) is 0 Å². The molecule has 4 heteroatoms. The van der Waals surface area contributed by atoms with E-state index in [1.807, 2.05) is 42.5 Å². The zero-order chi connectivity index (χ0) is 13.8. The monoisotopic (exact) mass is 257 g/mol. The first-order valence-electron chi connectivity index (χ1n) is 5.92. The average Bonchev–Trinajstić information content (AvgIpc) is 2.46. The molecule has 0 radical (unpaired) electrons. The molecule has 2 aromatic carbocycles. The van der Waals surface area contributed by atoms with Crippen molar-refractivity contribution in [3.8, 4) is 11.1 Å². The predicted octanol–water partition coefficient (Wildman–Crippen LogP) is 1.80. The highest BCUT2D eigenvalue weighted by atomic mass is 16.4. The van der Waals surface area contributed by atoms with Gasteiger partial charge in [0.2, 0.25) is 0 Å². The Morgan fingerprint density at radius 2 is 1.58 bits per heavy atom. The minimum absolute atomic E-state index is 0.517. The molecule has 0 bridgehead atoms. The van der Waals surface area contributed by atoms with Crippen LogP contribution in [0.3, 0.4) is 0 Å². The summed E-state index contributed by atoms with van der Waals surface area (Å²) >= 11 is 0. The van der Waals surface area contributed by atoms with Crippen LogP contribution < -0.4 is 5.73 Å². The van der Waals surface area contributed by atoms with Gasteiger partial charge in [-0.2, -0.15) is 0 Å². The number of benzene rings is 2. The van der Waals surface area contributed by atoms with E-state index < -0.39 is 18.1 Å². The van der Waals surface area contributed by atoms with Crippen molar-refractivity contribution in [3.63, 3.8) is 0 Å². The van der Waals surface area contributed by atoms with Crippen molar-refractivity contribution >= 4 is 5.97 Å². The van der Waals surface area contributed by atoms with Crippen molar-refractivity contribution in [1.82, 2.24) is 0 Å². The van der Waals surface area contributed by atoms with E-state index in [2.05, 4.69) is 0 Å². The maximum absolute atomic E-state index is 10.9. The van der Waals surface area contributed by atoms with Gasteiger partial charge in [0, 0.05) is 0 Å². The zero-order valence-electron chi connectivity index (χ0n) is 10.2. The van der Waals surface area contributed by atoms with Gasteiger partial charge in [-0.25, -0.2) is 0 Å². The maximum atomic E-state index is 10.9. The summed E-state index contributed by atoms with van der Waals surface area (Å²) in [4.78, 5) is 10.9. The molecule has 19 heavy (non-hydrogen) atoms. The summed E-state index contributed by atoms with van der Waals surface area (Å²) < 4.78 is 0. The van der Waals surface area contributed by atoms with Gasteiger partial charge in [-0.15, -0.1) is 0 Å². The van der Waals surface area contributed by atoms with Gasteiger partial charge < -0.3 is 15.9 Å². The topological polar surface area (TPSA) is 83.6 Å². The summed E-state index contributed by atoms with van der Waals surface area (Å²) in [5, 5.41) is 19.0. The van der Waals surface area contributed by atoms with Crippen molar-refractivity contribution in [2.75, 3.05) is 0 Å². The van der Waals surface area contributed by atoms with Crippen molar-refractivity contribution in [2.24, 2.45) is 5.73 Å². The van der Waals surface area contributed by atoms with Crippen LogP contribution in [0.4, 0.5) is 0 Å². The first-order valence-corrected chi connectivity index (χ1v) is 5.92. The van der Waals surface area contributed by atoms with Gasteiger partial charge in [0.15, 0.2) is 0 Å². The molecule has 0 saturated carbocycles. The Bertz CT molecular complexity index is 569. The molecule has 2 rings (SSSR count). The van der Waals surface area contributed by atoms with E-state index >= 15 is 0 Å². The lowest BCUT2D eigenvalue weighted by Gasteiger charge is -2.18. The summed E-state index contributed by atoms with van der Waals surface area (Å²) in [6.45, 7) is 0. The van der Waals surface area contributed by atoms with Crippen molar-refractivity contribution in [2.45, 2.75) is 12.1 Å². The van der Waals surface area contributed by atoms with Crippen LogP contribution in [0.25, 0.3) is 11.1 Å². The van der Waals surface area contributed by atoms with Crippen LogP contribution in [0.5, 0.6) is 0 Å². The highest BCUT2D eigenvalue weighted by Gasteiger charge is 2.25. The molecule has 0 aromatic heterocycles. The van der Waals surface area contributed by atoms with E-state index in [1.165, 1.54) is 0 Å². The molecule has 0 saturated heterocycles. The molecule has 0 fully saturated rings. The number of nitrogens with two attached hydrogens (primary N) is 1. The normalized spacial score (nSPS) is 13.8. The van der Waals surface area contributed by atoms with Gasteiger partial charge in [-0.3, -0.25) is 4.79 Å². The molecular formula is C15H15NO3. The molecule has 2 unspecified atom stereocenters. The Morgan fingerprint density at radius 3 is 2.21 bits per heavy atom. The highest BCUT2D eigenvalue weighted by Crippen LogP contribution is 2.29. The minimum Gasteiger partial charge on any atom is -0.480 e. The van der Waals surface area contributed by atoms with E-state index in [4.69, 9.17) is 10.8 Å². The number of carboxylic acid groups (broad SMARTS) is 1. The van der Waals surface area contributed by atoms with Gasteiger partial charge in [0.1, 0.15) is 12.1 Å². The first kappa shape index (κ1) is 13.3. The Hall–Kier alpha value is -2.17. The Kier molecular flexibility index (Phi) is 3.94. The third-order valence-corrected chi connectivity index (χ3v) is 2.99. The number of carboxylic acids is 1. The largest absolute Gasteiger partial charge is 0.480 e. The average molecular weight is 257 g/mol. The lowest BCUT2D eigenvalue weighted by atomic mass is 9.93. The van der Waals surface area contributed by atoms with Gasteiger partial charge in [-0.1, -0.05) is 54.6 Å². The Balaban J connectivity index is 2.45. The van der Waals surface area contributed by atoms with Crippen molar-refractivity contribution in [3.05, 3.63) is 60.2 Å². The molecule has 4 nitrogen and oxygen atoms in total. The maximum Gasteiger partial charge on any atom is 0.323 e. The second-order valence-electron chi connectivity index (χ2n) is 4.26. The number of aliphatic hydroxyl groups excluding tert-OH is 1. The van der Waals surface area contributed by atoms with Gasteiger partial charge in [0.05, 0.1) is 0 Å². The summed E-state index contributed by atoms with van der Waals surface area (Å²) in [6, 6.07) is 15.2. The van der Waals surface area contributed by atoms with E-state index in [-0.39, 0.29) is 0 Å². The van der Waals surface area contributed by atoms with Crippen LogP contribution >= 0.6 is 0 Å². The molecule has 0 heterocycles. The Labute approximate surface area is 111 Å². The van der Waals surface area contributed by atoms with Gasteiger partial charge >= 0.3 is 5.97 Å². The quantitative estimate of drug-likeness (QED) is 0.779. The number of rotatable bonds is 4. The molecule has 4 N–H and O–H groups in total. The summed E-state index contributed by atoms with van der Waals surface area (Å²) in [5.41, 5.74) is 7.70. The van der Waals surface area contributed by atoms with Gasteiger partial charge in [0.25, 0.3) is 0 Å². The standard InChI is InChI=1S/C15H15NO3/c16-13(15(18)19)14(17)12-9-5-4-8-11(12)10-6-2-1-3-7-10/h1-9,13-14,17H,16H2,(H,18,19). The number of hydrogen-bond acceptors (Lipinski definition) is 3. The van der Waals surface area contributed by atoms with E-state index in [9.17, 15) is 9.90 Å². The lowest BCUT2D eigenvalue weighted by molar-refractivity contribution is -0.141. The fourth-order valence-corrected chi connectivity index (χ4v) is 1.96. The van der Waals surface area contributed by atoms with Gasteiger partial charge in [-0.05, 0) is 16.7 Å². The van der Waals surface area contributed by atoms with E-state index in [0.29, 0.717) is 5.56 Å². The van der Waals surface area contributed by atoms with Crippen LogP contribution in [0, 0.1) is 0 Å². The van der Waals surface area contributed by atoms with Crippen LogP contribution in [0.1, 0.15) is 11.7 Å². The minimum atomic E-state index is -1.34. The van der Waals surface area contributed by atoms with E-state index in [0.717, 1.165) is 11.1 Å². The molecule has 0 spiro atoms. The molecule has 0 aliphatic carbocycles. The third kappa shape index (κ3) is 2.81. The molecule has 2 atom stereocenters. The molecule has 0 aliphatic rings. The molecule has 0 aliphatic heterocycles. The van der Waals surface area contributed by atoms with Crippen molar-refractivity contribution < 1.29 is 15.0 Å². The smallest absolute Gasteiger partial charge is 0.323 e. The second-order valence-corrected chi connectivity index (χ2v) is 4.26. The summed E-state index contributed by atoms with van der Waals surface area (Å²) in [6.07, 6.45) is -1.24. The molecule has 2 aromatic rings. The van der Waals surface area contributed by atoms with Crippen LogP contribution in [0.15, 0.2) is 54.6 Å². The zero-order valence-corrected chi connectivity index (χ0v) is 10.2. The molecule has 0 amide bonds. The summed E-state index contributed by atoms with van der Waals surface area (Å²) in [7, 11) is 0. The van der Waals surface area contributed by atoms with Crippen LogP contribution in [0.2, 0.25) is 0 Å². The molecular weight excluding hydrogens is 242 g/mol. The Morgan fingerprint density at radius 1 is 1.00 bits per heavy atom. The molecule has 98 valence electrons. The number of aliphatic hydroxyl groups is 1. The predicted molar refractivity (Wildman–Crippen MR) is 72.4 cm³/mol. The number of hydrogen-bond donors (Lipinski definition) is 3. The van der Waals surface area contributed by atoms with Crippen LogP contribution in [-0.2, 0) is 4.79 Å². The second kappa shape index (κ2) is 5.65. The van der Waals surface area contributed by atoms with E-state index in [1.54, 1.807) is 12.1 Å². The summed E-state index contributed by atoms with van der Waals surface area (Å²) in [5.74, 6) is -1.23. The first-order chi connectivity index (χ1) is 9.11.